The average molecular weight is 461 g/mol. The van der Waals surface area contributed by atoms with Crippen molar-refractivity contribution in [3.8, 4) is 11.1 Å². The molecule has 0 aliphatic carbocycles. The zero-order valence-electron chi connectivity index (χ0n) is 17.8. The maximum Gasteiger partial charge on any atom is 0.413 e. The van der Waals surface area contributed by atoms with Crippen LogP contribution in [0.3, 0.4) is 0 Å². The van der Waals surface area contributed by atoms with Crippen molar-refractivity contribution in [1.29, 1.82) is 0 Å². The summed E-state index contributed by atoms with van der Waals surface area (Å²) >= 11 is 0. The summed E-state index contributed by atoms with van der Waals surface area (Å²) in [5, 5.41) is 16.8. The molecule has 5 aromatic rings. The van der Waals surface area contributed by atoms with Crippen LogP contribution in [-0.4, -0.2) is 38.4 Å². The monoisotopic (exact) mass is 461 g/mol. The SMILES string of the molecule is CN(C(=O)O)c1nc2ccc(-c3cc(Cc4n[nH]c(=O)c5ccccc45)cc(F)c3F)cc2[nH]1. The van der Waals surface area contributed by atoms with E-state index >= 15 is 0 Å². The summed E-state index contributed by atoms with van der Waals surface area (Å²) in [6, 6.07) is 14.3. The average Bonchev–Trinajstić information content (AvgIpc) is 3.26. The molecule has 34 heavy (non-hydrogen) atoms. The van der Waals surface area contributed by atoms with Crippen molar-refractivity contribution in [2.45, 2.75) is 6.42 Å². The standard InChI is InChI=1S/C24H17F2N5O3/c1-31(24(33)34)23-27-18-7-6-13(11-20(18)28-23)16-8-12(9-17(25)21(16)26)10-19-14-4-2-3-5-15(14)22(32)30-29-19/h2-9,11H,10H2,1H3,(H,27,28)(H,30,32)(H,33,34). The number of nitrogens with zero attached hydrogens (tertiary/aromatic N) is 3. The number of aromatic amines is 2. The van der Waals surface area contributed by atoms with E-state index in [9.17, 15) is 18.4 Å². The van der Waals surface area contributed by atoms with E-state index in [-0.39, 0.29) is 23.5 Å². The summed E-state index contributed by atoms with van der Waals surface area (Å²) in [6.07, 6.45) is -1.02. The predicted molar refractivity (Wildman–Crippen MR) is 123 cm³/mol. The molecular weight excluding hydrogens is 444 g/mol. The quantitative estimate of drug-likeness (QED) is 0.366. The van der Waals surface area contributed by atoms with Gasteiger partial charge in [-0.25, -0.2) is 23.7 Å². The molecule has 2 aromatic heterocycles. The molecule has 0 unspecified atom stereocenters. The van der Waals surface area contributed by atoms with E-state index in [1.807, 2.05) is 0 Å². The van der Waals surface area contributed by atoms with Crippen LogP contribution in [0.1, 0.15) is 11.3 Å². The lowest BCUT2D eigenvalue weighted by molar-refractivity contribution is 0.203. The summed E-state index contributed by atoms with van der Waals surface area (Å²) in [5.41, 5.74) is 2.04. The highest BCUT2D eigenvalue weighted by molar-refractivity contribution is 5.89. The van der Waals surface area contributed by atoms with Crippen LogP contribution in [0.5, 0.6) is 0 Å². The molecule has 0 fully saturated rings. The molecule has 0 aliphatic rings. The summed E-state index contributed by atoms with van der Waals surface area (Å²) in [4.78, 5) is 31.2. The molecule has 0 saturated carbocycles. The molecule has 0 aliphatic heterocycles. The van der Waals surface area contributed by atoms with Crippen molar-refractivity contribution in [1.82, 2.24) is 20.2 Å². The van der Waals surface area contributed by atoms with Gasteiger partial charge in [0.15, 0.2) is 11.6 Å². The Labute approximate surface area is 190 Å². The molecule has 0 bridgehead atoms. The number of fused-ring (bicyclic) bond motifs is 2. The van der Waals surface area contributed by atoms with E-state index in [2.05, 4.69) is 20.2 Å². The summed E-state index contributed by atoms with van der Waals surface area (Å²) in [7, 11) is 1.34. The van der Waals surface area contributed by atoms with Gasteiger partial charge in [0.05, 0.1) is 22.1 Å². The number of rotatable bonds is 4. The Morgan fingerprint density at radius 2 is 1.85 bits per heavy atom. The van der Waals surface area contributed by atoms with E-state index in [0.717, 1.165) is 11.0 Å². The number of benzene rings is 3. The lowest BCUT2D eigenvalue weighted by Crippen LogP contribution is -2.24. The molecule has 8 nitrogen and oxygen atoms in total. The Hall–Kier alpha value is -4.60. The fraction of sp³-hybridized carbons (Fsp3) is 0.0833. The van der Waals surface area contributed by atoms with Gasteiger partial charge in [0, 0.05) is 24.4 Å². The van der Waals surface area contributed by atoms with Crippen molar-refractivity contribution in [3.63, 3.8) is 0 Å². The van der Waals surface area contributed by atoms with Gasteiger partial charge < -0.3 is 10.1 Å². The van der Waals surface area contributed by atoms with Crippen molar-refractivity contribution in [3.05, 3.63) is 87.8 Å². The van der Waals surface area contributed by atoms with Crippen LogP contribution in [-0.2, 0) is 6.42 Å². The Morgan fingerprint density at radius 3 is 2.62 bits per heavy atom. The van der Waals surface area contributed by atoms with E-state index in [0.29, 0.717) is 38.6 Å². The number of hydrogen-bond acceptors (Lipinski definition) is 4. The minimum atomic E-state index is -1.19. The first-order valence-electron chi connectivity index (χ1n) is 10.2. The van der Waals surface area contributed by atoms with Crippen LogP contribution in [0.2, 0.25) is 0 Å². The molecule has 0 atom stereocenters. The number of halogens is 2. The molecule has 2 heterocycles. The number of carbonyl (C=O) groups is 1. The minimum Gasteiger partial charge on any atom is -0.465 e. The summed E-state index contributed by atoms with van der Waals surface area (Å²) < 4.78 is 29.4. The lowest BCUT2D eigenvalue weighted by Gasteiger charge is -2.10. The number of nitrogens with one attached hydrogen (secondary N) is 2. The maximum absolute atomic E-state index is 14.8. The number of amides is 1. The normalized spacial score (nSPS) is 11.3. The van der Waals surface area contributed by atoms with Crippen LogP contribution >= 0.6 is 0 Å². The lowest BCUT2D eigenvalue weighted by atomic mass is 9.98. The van der Waals surface area contributed by atoms with Crippen molar-refractivity contribution in [2.24, 2.45) is 0 Å². The van der Waals surface area contributed by atoms with Gasteiger partial charge in [-0.3, -0.25) is 9.69 Å². The molecule has 170 valence electrons. The second kappa shape index (κ2) is 8.07. The van der Waals surface area contributed by atoms with Crippen LogP contribution in [0.25, 0.3) is 32.9 Å². The first-order valence-corrected chi connectivity index (χ1v) is 10.2. The van der Waals surface area contributed by atoms with Crippen LogP contribution in [0, 0.1) is 11.6 Å². The molecule has 1 amide bonds. The molecule has 3 N–H and O–H groups in total. The highest BCUT2D eigenvalue weighted by Gasteiger charge is 2.17. The third kappa shape index (κ3) is 3.64. The Kier molecular flexibility index (Phi) is 5.05. The molecule has 0 radical (unpaired) electrons. The Morgan fingerprint density at radius 1 is 1.09 bits per heavy atom. The number of hydrogen-bond donors (Lipinski definition) is 3. The van der Waals surface area contributed by atoms with Crippen LogP contribution < -0.4 is 10.5 Å². The first-order chi connectivity index (χ1) is 16.3. The highest BCUT2D eigenvalue weighted by Crippen LogP contribution is 2.30. The zero-order chi connectivity index (χ0) is 24.0. The van der Waals surface area contributed by atoms with Gasteiger partial charge in [-0.15, -0.1) is 0 Å². The maximum atomic E-state index is 14.8. The number of aromatic nitrogens is 4. The van der Waals surface area contributed by atoms with Gasteiger partial charge in [0.2, 0.25) is 5.95 Å². The van der Waals surface area contributed by atoms with E-state index < -0.39 is 17.7 Å². The van der Waals surface area contributed by atoms with E-state index in [1.165, 1.54) is 13.1 Å². The topological polar surface area (TPSA) is 115 Å². The molecule has 0 saturated heterocycles. The summed E-state index contributed by atoms with van der Waals surface area (Å²) in [5.74, 6) is -1.92. The molecule has 10 heteroatoms. The number of anilines is 1. The fourth-order valence-corrected chi connectivity index (χ4v) is 3.87. The van der Waals surface area contributed by atoms with Gasteiger partial charge >= 0.3 is 6.09 Å². The zero-order valence-corrected chi connectivity index (χ0v) is 17.8. The molecule has 3 aromatic carbocycles. The van der Waals surface area contributed by atoms with Gasteiger partial charge in [-0.1, -0.05) is 24.3 Å². The number of imidazole rings is 1. The number of H-pyrrole nitrogens is 2. The van der Waals surface area contributed by atoms with Crippen molar-refractivity contribution < 1.29 is 18.7 Å². The Balaban J connectivity index is 1.57. The van der Waals surface area contributed by atoms with Crippen LogP contribution in [0.15, 0.2) is 59.4 Å². The Bertz CT molecular complexity index is 1640. The third-order valence-electron chi connectivity index (χ3n) is 5.62. The summed E-state index contributed by atoms with van der Waals surface area (Å²) in [6.45, 7) is 0. The van der Waals surface area contributed by atoms with Gasteiger partial charge in [-0.05, 0) is 41.5 Å². The fourth-order valence-electron chi connectivity index (χ4n) is 3.87. The molecule has 5 rings (SSSR count). The largest absolute Gasteiger partial charge is 0.465 e. The van der Waals surface area contributed by atoms with Gasteiger partial charge in [-0.2, -0.15) is 5.10 Å². The van der Waals surface area contributed by atoms with Crippen LogP contribution in [0.4, 0.5) is 19.5 Å². The first kappa shape index (κ1) is 21.3. The predicted octanol–water partition coefficient (Wildman–Crippen LogP) is 4.45. The van der Waals surface area contributed by atoms with Gasteiger partial charge in [0.1, 0.15) is 0 Å². The molecule has 0 spiro atoms. The van der Waals surface area contributed by atoms with Gasteiger partial charge in [0.25, 0.3) is 5.56 Å². The van der Waals surface area contributed by atoms with E-state index in [4.69, 9.17) is 5.11 Å². The smallest absolute Gasteiger partial charge is 0.413 e. The minimum absolute atomic E-state index is 0.0355. The van der Waals surface area contributed by atoms with Crippen molar-refractivity contribution >= 4 is 33.8 Å². The second-order valence-corrected chi connectivity index (χ2v) is 7.79. The molecular formula is C24H17F2N5O3. The highest BCUT2D eigenvalue weighted by atomic mass is 19.2. The van der Waals surface area contributed by atoms with Crippen molar-refractivity contribution in [2.75, 3.05) is 11.9 Å². The number of carboxylic acid groups (broad SMARTS) is 1. The van der Waals surface area contributed by atoms with E-state index in [1.54, 1.807) is 42.5 Å². The third-order valence-corrected chi connectivity index (χ3v) is 5.62. The second-order valence-electron chi connectivity index (χ2n) is 7.79.